The molecule has 0 bridgehead atoms. The van der Waals surface area contributed by atoms with Gasteiger partial charge in [-0.3, -0.25) is 14.9 Å². The van der Waals surface area contributed by atoms with E-state index in [1.54, 1.807) is 24.3 Å². The van der Waals surface area contributed by atoms with Crippen LogP contribution in [0.1, 0.15) is 22.0 Å². The number of nitro groups is 1. The van der Waals surface area contributed by atoms with E-state index in [-0.39, 0.29) is 17.8 Å². The van der Waals surface area contributed by atoms with Crippen LogP contribution < -0.4 is 5.32 Å². The summed E-state index contributed by atoms with van der Waals surface area (Å²) in [4.78, 5) is 21.9. The van der Waals surface area contributed by atoms with Gasteiger partial charge in [-0.25, -0.2) is 0 Å². The van der Waals surface area contributed by atoms with Crippen LogP contribution in [-0.2, 0) is 0 Å². The number of aliphatic hydroxyl groups is 1. The average Bonchev–Trinajstić information content (AvgIpc) is 2.53. The van der Waals surface area contributed by atoms with Gasteiger partial charge in [0, 0.05) is 29.3 Å². The van der Waals surface area contributed by atoms with Crippen LogP contribution in [0, 0.1) is 10.1 Å². The number of halogens is 1. The first-order valence-corrected chi connectivity index (χ1v) is 6.81. The topological polar surface area (TPSA) is 92.5 Å². The van der Waals surface area contributed by atoms with Gasteiger partial charge in [0.1, 0.15) is 0 Å². The summed E-state index contributed by atoms with van der Waals surface area (Å²) in [5, 5.41) is 23.6. The van der Waals surface area contributed by atoms with Crippen LogP contribution in [0.2, 0.25) is 5.02 Å². The van der Waals surface area contributed by atoms with Crippen molar-refractivity contribution in [3.8, 4) is 0 Å². The van der Waals surface area contributed by atoms with E-state index in [9.17, 15) is 20.0 Å². The number of nitrogens with one attached hydrogen (secondary N) is 1. The number of non-ortho nitro benzene ring substituents is 1. The maximum absolute atomic E-state index is 11.9. The number of hydrogen-bond acceptors (Lipinski definition) is 4. The van der Waals surface area contributed by atoms with E-state index in [0.717, 1.165) is 0 Å². The fourth-order valence-corrected chi connectivity index (χ4v) is 1.95. The molecule has 0 aliphatic rings. The first-order chi connectivity index (χ1) is 10.5. The zero-order valence-corrected chi connectivity index (χ0v) is 12.2. The minimum absolute atomic E-state index is 0.0253. The van der Waals surface area contributed by atoms with E-state index in [1.807, 2.05) is 0 Å². The lowest BCUT2D eigenvalue weighted by Crippen LogP contribution is -2.28. The van der Waals surface area contributed by atoms with Crippen molar-refractivity contribution in [3.05, 3.63) is 74.8 Å². The Hall–Kier alpha value is -2.44. The minimum Gasteiger partial charge on any atom is -0.387 e. The Morgan fingerprint density at radius 1 is 1.18 bits per heavy atom. The predicted molar refractivity (Wildman–Crippen MR) is 81.8 cm³/mol. The van der Waals surface area contributed by atoms with Crippen molar-refractivity contribution in [3.63, 3.8) is 0 Å². The number of aliphatic hydroxyl groups excluding tert-OH is 1. The summed E-state index contributed by atoms with van der Waals surface area (Å²) in [6, 6.07) is 11.9. The summed E-state index contributed by atoms with van der Waals surface area (Å²) >= 11 is 5.76. The lowest BCUT2D eigenvalue weighted by atomic mass is 10.1. The highest BCUT2D eigenvalue weighted by Crippen LogP contribution is 2.16. The summed E-state index contributed by atoms with van der Waals surface area (Å²) < 4.78 is 0. The molecule has 22 heavy (non-hydrogen) atoms. The smallest absolute Gasteiger partial charge is 0.269 e. The Morgan fingerprint density at radius 2 is 1.77 bits per heavy atom. The SMILES string of the molecule is O=C(NCC(O)c1ccc(Cl)cc1)c1ccc([N+](=O)[O-])cc1. The predicted octanol–water partition coefficient (Wildman–Crippen LogP) is 2.71. The molecule has 0 aromatic heterocycles. The second kappa shape index (κ2) is 7.02. The second-order valence-corrected chi connectivity index (χ2v) is 5.02. The van der Waals surface area contributed by atoms with Crippen LogP contribution in [0.25, 0.3) is 0 Å². The quantitative estimate of drug-likeness (QED) is 0.654. The van der Waals surface area contributed by atoms with Crippen molar-refractivity contribution in [2.75, 3.05) is 6.54 Å². The summed E-state index contributed by atoms with van der Waals surface area (Å²) in [6.45, 7) is 0.0253. The molecule has 6 nitrogen and oxygen atoms in total. The number of benzene rings is 2. The number of amides is 1. The zero-order valence-electron chi connectivity index (χ0n) is 11.4. The van der Waals surface area contributed by atoms with Crippen LogP contribution in [0.4, 0.5) is 5.69 Å². The van der Waals surface area contributed by atoms with Crippen molar-refractivity contribution in [1.82, 2.24) is 5.32 Å². The standard InChI is InChI=1S/C15H13ClN2O4/c16-12-5-1-10(2-6-12)14(19)9-17-15(20)11-3-7-13(8-4-11)18(21)22/h1-8,14,19H,9H2,(H,17,20). The highest BCUT2D eigenvalue weighted by atomic mass is 35.5. The van der Waals surface area contributed by atoms with Gasteiger partial charge in [0.25, 0.3) is 11.6 Å². The first kappa shape index (κ1) is 15.9. The average molecular weight is 321 g/mol. The van der Waals surface area contributed by atoms with E-state index in [0.29, 0.717) is 10.6 Å². The number of carbonyl (C=O) groups excluding carboxylic acids is 1. The van der Waals surface area contributed by atoms with Gasteiger partial charge >= 0.3 is 0 Å². The lowest BCUT2D eigenvalue weighted by molar-refractivity contribution is -0.384. The number of hydrogen-bond donors (Lipinski definition) is 2. The molecule has 0 aliphatic heterocycles. The fourth-order valence-electron chi connectivity index (χ4n) is 1.83. The van der Waals surface area contributed by atoms with Crippen LogP contribution in [-0.4, -0.2) is 22.5 Å². The number of nitro benzene ring substituents is 1. The largest absolute Gasteiger partial charge is 0.387 e. The molecule has 0 spiro atoms. The Balaban J connectivity index is 1.94. The molecular weight excluding hydrogens is 308 g/mol. The fraction of sp³-hybridized carbons (Fsp3) is 0.133. The van der Waals surface area contributed by atoms with Gasteiger partial charge in [-0.2, -0.15) is 0 Å². The van der Waals surface area contributed by atoms with E-state index in [2.05, 4.69) is 5.32 Å². The van der Waals surface area contributed by atoms with Gasteiger partial charge in [0.15, 0.2) is 0 Å². The third-order valence-corrected chi connectivity index (χ3v) is 3.30. The van der Waals surface area contributed by atoms with E-state index in [4.69, 9.17) is 11.6 Å². The summed E-state index contributed by atoms with van der Waals surface area (Å²) in [5.74, 6) is -0.414. The Bertz CT molecular complexity index is 671. The molecule has 1 amide bonds. The van der Waals surface area contributed by atoms with Gasteiger partial charge in [-0.05, 0) is 29.8 Å². The molecule has 2 rings (SSSR count). The molecule has 0 saturated carbocycles. The number of rotatable bonds is 5. The summed E-state index contributed by atoms with van der Waals surface area (Å²) in [6.07, 6.45) is -0.862. The number of carbonyl (C=O) groups is 1. The van der Waals surface area contributed by atoms with Crippen molar-refractivity contribution in [1.29, 1.82) is 0 Å². The van der Waals surface area contributed by atoms with Crippen molar-refractivity contribution >= 4 is 23.2 Å². The van der Waals surface area contributed by atoms with Crippen LogP contribution >= 0.6 is 11.6 Å². The highest BCUT2D eigenvalue weighted by Gasteiger charge is 2.12. The Labute approximate surface area is 131 Å². The second-order valence-electron chi connectivity index (χ2n) is 4.58. The molecule has 2 aromatic carbocycles. The molecular formula is C15H13ClN2O4. The maximum atomic E-state index is 11.9. The van der Waals surface area contributed by atoms with Crippen LogP contribution in [0.3, 0.4) is 0 Å². The monoisotopic (exact) mass is 320 g/mol. The first-order valence-electron chi connectivity index (χ1n) is 6.43. The Morgan fingerprint density at radius 3 is 2.32 bits per heavy atom. The molecule has 1 unspecified atom stereocenters. The van der Waals surface area contributed by atoms with Crippen molar-refractivity contribution < 1.29 is 14.8 Å². The third-order valence-electron chi connectivity index (χ3n) is 3.05. The molecule has 114 valence electrons. The summed E-state index contributed by atoms with van der Waals surface area (Å²) in [5.41, 5.74) is 0.833. The molecule has 0 aliphatic carbocycles. The van der Waals surface area contributed by atoms with Gasteiger partial charge in [-0.15, -0.1) is 0 Å². The van der Waals surface area contributed by atoms with Crippen LogP contribution in [0.15, 0.2) is 48.5 Å². The molecule has 7 heteroatoms. The minimum atomic E-state index is -0.862. The molecule has 0 heterocycles. The van der Waals surface area contributed by atoms with Gasteiger partial charge in [0.2, 0.25) is 0 Å². The number of nitrogens with zero attached hydrogens (tertiary/aromatic N) is 1. The van der Waals surface area contributed by atoms with Crippen LogP contribution in [0.5, 0.6) is 0 Å². The zero-order chi connectivity index (χ0) is 16.1. The van der Waals surface area contributed by atoms with E-state index < -0.39 is 16.9 Å². The molecule has 0 saturated heterocycles. The van der Waals surface area contributed by atoms with Crippen molar-refractivity contribution in [2.45, 2.75) is 6.10 Å². The lowest BCUT2D eigenvalue weighted by Gasteiger charge is -2.12. The van der Waals surface area contributed by atoms with Gasteiger partial charge in [0.05, 0.1) is 11.0 Å². The van der Waals surface area contributed by atoms with Crippen molar-refractivity contribution in [2.24, 2.45) is 0 Å². The molecule has 1 atom stereocenters. The molecule has 0 radical (unpaired) electrons. The van der Waals surface area contributed by atoms with Gasteiger partial charge < -0.3 is 10.4 Å². The van der Waals surface area contributed by atoms with E-state index in [1.165, 1.54) is 24.3 Å². The normalized spacial score (nSPS) is 11.7. The molecule has 2 N–H and O–H groups in total. The third kappa shape index (κ3) is 4.03. The molecule has 0 fully saturated rings. The van der Waals surface area contributed by atoms with E-state index >= 15 is 0 Å². The maximum Gasteiger partial charge on any atom is 0.269 e. The Kier molecular flexibility index (Phi) is 5.08. The van der Waals surface area contributed by atoms with Gasteiger partial charge in [-0.1, -0.05) is 23.7 Å². The molecule has 2 aromatic rings. The highest BCUT2D eigenvalue weighted by molar-refractivity contribution is 6.30. The summed E-state index contributed by atoms with van der Waals surface area (Å²) in [7, 11) is 0.